The molecule has 0 amide bonds. The maximum absolute atomic E-state index is 3.20. The van der Waals surface area contributed by atoms with Crippen molar-refractivity contribution < 1.29 is 0 Å². The number of hydrogen-bond acceptors (Lipinski definition) is 1. The summed E-state index contributed by atoms with van der Waals surface area (Å²) in [5.41, 5.74) is 2.30. The fraction of sp³-hybridized carbons (Fsp3) is 0. The molecular formula is C16H15N. The molecule has 0 aromatic heterocycles. The quantitative estimate of drug-likeness (QED) is 0.758. The Bertz CT molecular complexity index is 483. The van der Waals surface area contributed by atoms with Gasteiger partial charge in [0, 0.05) is 11.9 Å². The van der Waals surface area contributed by atoms with Crippen molar-refractivity contribution in [2.75, 3.05) is 5.32 Å². The van der Waals surface area contributed by atoms with Crippen LogP contribution >= 0.6 is 0 Å². The maximum Gasteiger partial charge on any atom is 0.0379 e. The van der Waals surface area contributed by atoms with Crippen LogP contribution in [-0.2, 0) is 0 Å². The van der Waals surface area contributed by atoms with Crippen LogP contribution in [-0.4, -0.2) is 0 Å². The Morgan fingerprint density at radius 3 is 2.06 bits per heavy atom. The van der Waals surface area contributed by atoms with Crippen molar-refractivity contribution in [2.24, 2.45) is 0 Å². The van der Waals surface area contributed by atoms with Gasteiger partial charge in [-0.15, -0.1) is 0 Å². The Hall–Kier alpha value is -2.28. The Balaban J connectivity index is 1.85. The summed E-state index contributed by atoms with van der Waals surface area (Å²) in [4.78, 5) is 0. The van der Waals surface area contributed by atoms with E-state index in [0.29, 0.717) is 0 Å². The number of rotatable bonds is 4. The van der Waals surface area contributed by atoms with Gasteiger partial charge >= 0.3 is 0 Å². The van der Waals surface area contributed by atoms with Crippen LogP contribution in [0.2, 0.25) is 0 Å². The molecule has 1 heteroatoms. The van der Waals surface area contributed by atoms with Gasteiger partial charge in [0.15, 0.2) is 0 Å². The summed E-state index contributed by atoms with van der Waals surface area (Å²) < 4.78 is 0. The van der Waals surface area contributed by atoms with E-state index >= 15 is 0 Å². The van der Waals surface area contributed by atoms with Crippen molar-refractivity contribution in [3.8, 4) is 0 Å². The Kier molecular flexibility index (Phi) is 4.18. The average Bonchev–Trinajstić information content (AvgIpc) is 2.41. The lowest BCUT2D eigenvalue weighted by Crippen LogP contribution is -1.84. The molecule has 1 N–H and O–H groups in total. The van der Waals surface area contributed by atoms with Crippen LogP contribution in [0.4, 0.5) is 5.69 Å². The summed E-state index contributed by atoms with van der Waals surface area (Å²) in [7, 11) is 0. The third-order valence-corrected chi connectivity index (χ3v) is 2.32. The summed E-state index contributed by atoms with van der Waals surface area (Å²) >= 11 is 0. The number of hydrogen-bond donors (Lipinski definition) is 1. The maximum atomic E-state index is 3.20. The first-order chi connectivity index (χ1) is 8.45. The predicted molar refractivity (Wildman–Crippen MR) is 74.7 cm³/mol. The first-order valence-electron chi connectivity index (χ1n) is 5.65. The second-order valence-corrected chi connectivity index (χ2v) is 3.64. The number of benzene rings is 2. The molecule has 0 aliphatic carbocycles. The molecule has 0 saturated carbocycles. The number of nitrogens with one attached hydrogen (secondary N) is 1. The van der Waals surface area contributed by atoms with Crippen molar-refractivity contribution in [3.63, 3.8) is 0 Å². The normalized spacial score (nSPS) is 11.1. The highest BCUT2D eigenvalue weighted by Crippen LogP contribution is 2.04. The second kappa shape index (κ2) is 6.33. The lowest BCUT2D eigenvalue weighted by molar-refractivity contribution is 1.58. The minimum absolute atomic E-state index is 1.09. The Morgan fingerprint density at radius 1 is 0.706 bits per heavy atom. The third-order valence-electron chi connectivity index (χ3n) is 2.32. The van der Waals surface area contributed by atoms with Crippen LogP contribution in [0.5, 0.6) is 0 Å². The average molecular weight is 221 g/mol. The molecule has 17 heavy (non-hydrogen) atoms. The molecule has 2 rings (SSSR count). The SMILES string of the molecule is C(C=Cc1ccccc1)=CNc1ccccc1. The van der Waals surface area contributed by atoms with E-state index in [-0.39, 0.29) is 0 Å². The molecule has 2 aromatic carbocycles. The zero-order chi connectivity index (χ0) is 11.8. The molecule has 0 bridgehead atoms. The van der Waals surface area contributed by atoms with Gasteiger partial charge < -0.3 is 5.32 Å². The first kappa shape index (κ1) is 11.2. The van der Waals surface area contributed by atoms with Gasteiger partial charge in [0.2, 0.25) is 0 Å². The van der Waals surface area contributed by atoms with E-state index in [2.05, 4.69) is 23.5 Å². The molecule has 84 valence electrons. The van der Waals surface area contributed by atoms with E-state index in [1.807, 2.05) is 66.9 Å². The summed E-state index contributed by atoms with van der Waals surface area (Å²) in [5.74, 6) is 0. The molecule has 0 radical (unpaired) electrons. The van der Waals surface area contributed by atoms with Crippen LogP contribution in [0.15, 0.2) is 79.0 Å². The summed E-state index contributed by atoms with van der Waals surface area (Å²) in [6, 6.07) is 20.3. The van der Waals surface area contributed by atoms with Crippen LogP contribution in [0.25, 0.3) is 6.08 Å². The molecular weight excluding hydrogens is 206 g/mol. The zero-order valence-corrected chi connectivity index (χ0v) is 9.58. The molecule has 2 aromatic rings. The number of allylic oxidation sites excluding steroid dienone is 2. The second-order valence-electron chi connectivity index (χ2n) is 3.64. The standard InChI is InChI=1S/C16H15N/c1-3-9-15(10-4-1)11-7-8-14-17-16-12-5-2-6-13-16/h1-14,17H. The minimum atomic E-state index is 1.09. The molecule has 1 nitrogen and oxygen atoms in total. The smallest absolute Gasteiger partial charge is 0.0379 e. The van der Waals surface area contributed by atoms with Crippen molar-refractivity contribution in [2.45, 2.75) is 0 Å². The van der Waals surface area contributed by atoms with Crippen LogP contribution in [0, 0.1) is 0 Å². The lowest BCUT2D eigenvalue weighted by Gasteiger charge is -1.97. The fourth-order valence-electron chi connectivity index (χ4n) is 1.47. The molecule has 0 atom stereocenters. The van der Waals surface area contributed by atoms with Gasteiger partial charge in [-0.25, -0.2) is 0 Å². The van der Waals surface area contributed by atoms with Gasteiger partial charge in [-0.05, 0) is 23.8 Å². The van der Waals surface area contributed by atoms with Crippen LogP contribution in [0.3, 0.4) is 0 Å². The zero-order valence-electron chi connectivity index (χ0n) is 9.58. The van der Waals surface area contributed by atoms with Crippen molar-refractivity contribution in [1.29, 1.82) is 0 Å². The molecule has 0 heterocycles. The summed E-state index contributed by atoms with van der Waals surface area (Å²) in [6.07, 6.45) is 8.00. The van der Waals surface area contributed by atoms with Crippen molar-refractivity contribution in [1.82, 2.24) is 0 Å². The Morgan fingerprint density at radius 2 is 1.35 bits per heavy atom. The largest absolute Gasteiger partial charge is 0.362 e. The lowest BCUT2D eigenvalue weighted by atomic mass is 10.2. The van der Waals surface area contributed by atoms with E-state index < -0.39 is 0 Å². The van der Waals surface area contributed by atoms with Gasteiger partial charge in [-0.3, -0.25) is 0 Å². The van der Waals surface area contributed by atoms with Crippen LogP contribution in [0.1, 0.15) is 5.56 Å². The summed E-state index contributed by atoms with van der Waals surface area (Å²) in [6.45, 7) is 0. The first-order valence-corrected chi connectivity index (χ1v) is 5.65. The number of para-hydroxylation sites is 1. The van der Waals surface area contributed by atoms with Gasteiger partial charge in [0.1, 0.15) is 0 Å². The van der Waals surface area contributed by atoms with Crippen molar-refractivity contribution >= 4 is 11.8 Å². The molecule has 0 spiro atoms. The molecule has 0 saturated heterocycles. The summed E-state index contributed by atoms with van der Waals surface area (Å²) in [5, 5.41) is 3.20. The van der Waals surface area contributed by atoms with Gasteiger partial charge in [0.05, 0.1) is 0 Å². The van der Waals surface area contributed by atoms with Crippen LogP contribution < -0.4 is 5.32 Å². The Labute approximate surface area is 102 Å². The third kappa shape index (κ3) is 3.99. The number of anilines is 1. The highest BCUT2D eigenvalue weighted by molar-refractivity contribution is 5.51. The van der Waals surface area contributed by atoms with Gasteiger partial charge in [0.25, 0.3) is 0 Å². The molecule has 0 aliphatic rings. The predicted octanol–water partition coefficient (Wildman–Crippen LogP) is 4.33. The van der Waals surface area contributed by atoms with E-state index in [0.717, 1.165) is 5.69 Å². The molecule has 0 unspecified atom stereocenters. The fourth-order valence-corrected chi connectivity index (χ4v) is 1.47. The molecule has 0 fully saturated rings. The van der Waals surface area contributed by atoms with E-state index in [9.17, 15) is 0 Å². The van der Waals surface area contributed by atoms with Gasteiger partial charge in [-0.2, -0.15) is 0 Å². The highest BCUT2D eigenvalue weighted by atomic mass is 14.8. The molecule has 0 aliphatic heterocycles. The van der Waals surface area contributed by atoms with E-state index in [1.54, 1.807) is 0 Å². The monoisotopic (exact) mass is 221 g/mol. The van der Waals surface area contributed by atoms with E-state index in [1.165, 1.54) is 5.56 Å². The van der Waals surface area contributed by atoms with Gasteiger partial charge in [-0.1, -0.05) is 60.7 Å². The highest BCUT2D eigenvalue weighted by Gasteiger charge is 1.82. The van der Waals surface area contributed by atoms with E-state index in [4.69, 9.17) is 0 Å². The van der Waals surface area contributed by atoms with Crippen molar-refractivity contribution in [3.05, 3.63) is 84.6 Å². The minimum Gasteiger partial charge on any atom is -0.362 e. The topological polar surface area (TPSA) is 12.0 Å².